The number of para-hydroxylation sites is 2. The molecule has 6 bridgehead atoms. The number of hydrogen-bond donors (Lipinski definition) is 0. The normalized spacial score (nSPS) is 17.5. The zero-order chi connectivity index (χ0) is 32.4. The van der Waals surface area contributed by atoms with Crippen LogP contribution in [0.5, 0.6) is 46.3 Å². The molecule has 0 saturated heterocycles. The fourth-order valence-corrected chi connectivity index (χ4v) is 5.71. The van der Waals surface area contributed by atoms with Crippen molar-refractivity contribution in [1.29, 1.82) is 0 Å². The molecule has 3 aromatic carbocycles. The fourth-order valence-electron chi connectivity index (χ4n) is 5.71. The molecule has 2 aromatic heterocycles. The van der Waals surface area contributed by atoms with Crippen LogP contribution in [-0.4, -0.2) is 36.4 Å². The molecule has 0 spiro atoms. The number of benzene rings is 3. The van der Waals surface area contributed by atoms with Crippen molar-refractivity contribution >= 4 is 21.8 Å². The lowest BCUT2D eigenvalue weighted by Crippen LogP contribution is -2.04. The molecule has 0 N–H and O–H groups in total. The molecule has 0 fully saturated rings. The molecule has 246 valence electrons. The highest BCUT2D eigenvalue weighted by atomic mass is 16.6. The average molecular weight is 645 g/mol. The molecule has 0 amide bonds. The smallest absolute Gasteiger partial charge is 0.220 e. The molecule has 4 heterocycles. The summed E-state index contributed by atoms with van der Waals surface area (Å²) in [6, 6.07) is 23.3. The van der Waals surface area contributed by atoms with Gasteiger partial charge in [0, 0.05) is 22.9 Å². The lowest BCUT2D eigenvalue weighted by molar-refractivity contribution is 0.270. The molecule has 0 atom stereocenters. The molecule has 5 aromatic rings. The van der Waals surface area contributed by atoms with Crippen molar-refractivity contribution in [3.63, 3.8) is 0 Å². The van der Waals surface area contributed by atoms with Gasteiger partial charge in [-0.2, -0.15) is 0 Å². The lowest BCUT2D eigenvalue weighted by atomic mass is 10.1. The van der Waals surface area contributed by atoms with Gasteiger partial charge < -0.3 is 28.4 Å². The molecule has 0 aliphatic carbocycles. The van der Waals surface area contributed by atoms with E-state index in [9.17, 15) is 0 Å². The number of aromatic nitrogens is 2. The van der Waals surface area contributed by atoms with Crippen LogP contribution in [0.2, 0.25) is 0 Å². The van der Waals surface area contributed by atoms with Gasteiger partial charge in [0.15, 0.2) is 23.0 Å². The summed E-state index contributed by atoms with van der Waals surface area (Å²) in [5.41, 5.74) is 1.39. The number of pyridine rings is 2. The fraction of sp³-hybridized carbons (Fsp3) is 0.300. The average Bonchev–Trinajstić information content (AvgIpc) is 3.11. The Kier molecular flexibility index (Phi) is 10.2. The van der Waals surface area contributed by atoms with Crippen LogP contribution in [0.25, 0.3) is 21.8 Å². The highest BCUT2D eigenvalue weighted by Gasteiger charge is 2.18. The Morgan fingerprint density at radius 1 is 0.396 bits per heavy atom. The summed E-state index contributed by atoms with van der Waals surface area (Å²) in [4.78, 5) is 9.92. The first-order valence-electron chi connectivity index (χ1n) is 17.0. The molecular weight excluding hydrogens is 604 g/mol. The quantitative estimate of drug-likeness (QED) is 0.122. The van der Waals surface area contributed by atoms with Gasteiger partial charge in [0.1, 0.15) is 11.0 Å². The highest BCUT2D eigenvalue weighted by molar-refractivity contribution is 6.03. The highest BCUT2D eigenvalue weighted by Crippen LogP contribution is 2.42. The van der Waals surface area contributed by atoms with Crippen LogP contribution in [-0.2, 0) is 0 Å². The van der Waals surface area contributed by atoms with Gasteiger partial charge in [0.05, 0.1) is 26.4 Å². The Bertz CT molecular complexity index is 1720. The van der Waals surface area contributed by atoms with Gasteiger partial charge >= 0.3 is 0 Å². The monoisotopic (exact) mass is 644 g/mol. The Morgan fingerprint density at radius 2 is 0.729 bits per heavy atom. The van der Waals surface area contributed by atoms with Crippen molar-refractivity contribution < 1.29 is 28.4 Å². The third kappa shape index (κ3) is 7.65. The zero-order valence-corrected chi connectivity index (χ0v) is 27.1. The molecule has 0 unspecified atom stereocenters. The Balaban J connectivity index is 1.35. The second kappa shape index (κ2) is 15.6. The van der Waals surface area contributed by atoms with E-state index in [1.165, 1.54) is 0 Å². The Hall–Kier alpha value is -5.24. The molecule has 2 aliphatic heterocycles. The van der Waals surface area contributed by atoms with Crippen LogP contribution in [0.3, 0.4) is 0 Å². The Morgan fingerprint density at radius 3 is 1.08 bits per heavy atom. The van der Waals surface area contributed by atoms with E-state index in [0.29, 0.717) is 83.7 Å². The predicted octanol–water partition coefficient (Wildman–Crippen LogP) is 10.1. The number of rotatable bonds is 0. The number of allylic oxidation sites excluding steroid dienone is 4. The summed E-state index contributed by atoms with van der Waals surface area (Å²) in [5, 5.41) is 1.86. The Labute approximate surface area is 280 Å². The summed E-state index contributed by atoms with van der Waals surface area (Å²) in [6.45, 7) is 2.17. The van der Waals surface area contributed by atoms with Gasteiger partial charge in [-0.25, -0.2) is 9.97 Å². The van der Waals surface area contributed by atoms with Gasteiger partial charge in [-0.3, -0.25) is 0 Å². The largest absolute Gasteiger partial charge is 0.490 e. The second-order valence-electron chi connectivity index (χ2n) is 11.8. The van der Waals surface area contributed by atoms with Crippen LogP contribution in [0.4, 0.5) is 0 Å². The van der Waals surface area contributed by atoms with Crippen molar-refractivity contribution in [3.05, 3.63) is 97.1 Å². The summed E-state index contributed by atoms with van der Waals surface area (Å²) in [7, 11) is 0. The maximum absolute atomic E-state index is 6.51. The minimum atomic E-state index is 0.411. The van der Waals surface area contributed by atoms with E-state index >= 15 is 0 Å². The first-order chi connectivity index (χ1) is 23.8. The molecule has 8 nitrogen and oxygen atoms in total. The zero-order valence-electron chi connectivity index (χ0n) is 27.1. The first-order valence-corrected chi connectivity index (χ1v) is 17.0. The summed E-state index contributed by atoms with van der Waals surface area (Å²) in [6.07, 6.45) is 15.9. The van der Waals surface area contributed by atoms with Crippen molar-refractivity contribution in [2.24, 2.45) is 0 Å². The molecule has 0 saturated carbocycles. The van der Waals surface area contributed by atoms with Crippen molar-refractivity contribution in [2.75, 3.05) is 26.4 Å². The first kappa shape index (κ1) is 31.4. The van der Waals surface area contributed by atoms with Crippen LogP contribution in [0, 0.1) is 0 Å². The standard InChI is InChI=1S/C40H40N2O6/c1-2-6-10-26-44-32-16-14-18-34-40(32)48-36-24-22-30-20-19-29-21-23-35(41-37(29)38(30)42-36)47-39-31(43-25-9-5-1)15-13-17-33(39)45-27-11-7-3-4-8-12-28-46-34/h1-4,13-24H,5-12,25-28H2/b2-1+,4-3+. The van der Waals surface area contributed by atoms with Gasteiger partial charge in [-0.05, 0) is 87.8 Å². The number of ether oxygens (including phenoxy) is 6. The number of nitrogens with zero attached hydrogens (tertiary/aromatic N) is 2. The van der Waals surface area contributed by atoms with Crippen molar-refractivity contribution in [1.82, 2.24) is 9.97 Å². The van der Waals surface area contributed by atoms with E-state index in [0.717, 1.165) is 62.1 Å². The maximum atomic E-state index is 6.51. The molecule has 7 rings (SSSR count). The summed E-state index contributed by atoms with van der Waals surface area (Å²) in [5.74, 6) is 4.33. The predicted molar refractivity (Wildman–Crippen MR) is 187 cm³/mol. The van der Waals surface area contributed by atoms with E-state index < -0.39 is 0 Å². The SMILES string of the molecule is C1=C/CCCOc2cccc3c2Oc2ccc4ccc5ccc(nc5c4n2)Oc2c(cccc2OCCC/C=C/CCCO3)OCCC/1. The van der Waals surface area contributed by atoms with Crippen LogP contribution < -0.4 is 28.4 Å². The topological polar surface area (TPSA) is 81.2 Å². The lowest BCUT2D eigenvalue weighted by Gasteiger charge is -2.17. The molecule has 2 aliphatic rings. The van der Waals surface area contributed by atoms with Gasteiger partial charge in [0.25, 0.3) is 0 Å². The van der Waals surface area contributed by atoms with E-state index in [4.69, 9.17) is 38.4 Å². The molecular formula is C40H40N2O6. The van der Waals surface area contributed by atoms with Gasteiger partial charge in [-0.15, -0.1) is 0 Å². The van der Waals surface area contributed by atoms with Gasteiger partial charge in [-0.1, -0.05) is 48.6 Å². The van der Waals surface area contributed by atoms with Crippen LogP contribution in [0.15, 0.2) is 97.1 Å². The van der Waals surface area contributed by atoms with Crippen LogP contribution >= 0.6 is 0 Å². The van der Waals surface area contributed by atoms with Gasteiger partial charge in [0.2, 0.25) is 23.3 Å². The summed E-state index contributed by atoms with van der Waals surface area (Å²) < 4.78 is 38.1. The number of hydrogen-bond acceptors (Lipinski definition) is 8. The van der Waals surface area contributed by atoms with Crippen molar-refractivity contribution in [2.45, 2.75) is 51.4 Å². The van der Waals surface area contributed by atoms with Crippen LogP contribution in [0.1, 0.15) is 51.4 Å². The molecule has 48 heavy (non-hydrogen) atoms. The third-order valence-corrected chi connectivity index (χ3v) is 8.19. The second-order valence-corrected chi connectivity index (χ2v) is 11.8. The molecule has 0 radical (unpaired) electrons. The van der Waals surface area contributed by atoms with E-state index in [-0.39, 0.29) is 0 Å². The summed E-state index contributed by atoms with van der Waals surface area (Å²) >= 11 is 0. The molecule has 8 heteroatoms. The van der Waals surface area contributed by atoms with E-state index in [1.807, 2.05) is 72.8 Å². The maximum Gasteiger partial charge on any atom is 0.220 e. The van der Waals surface area contributed by atoms with E-state index in [1.54, 1.807) is 0 Å². The van der Waals surface area contributed by atoms with Crippen molar-refractivity contribution in [3.8, 4) is 46.3 Å². The minimum Gasteiger partial charge on any atom is -0.490 e. The third-order valence-electron chi connectivity index (χ3n) is 8.19. The minimum absolute atomic E-state index is 0.411. The van der Waals surface area contributed by atoms with E-state index in [2.05, 4.69) is 24.3 Å².